The van der Waals surface area contributed by atoms with E-state index in [2.05, 4.69) is 10.6 Å². The molecule has 1 aliphatic rings. The minimum absolute atomic E-state index is 0.249. The number of aliphatic hydroxyl groups is 1. The molecule has 0 aliphatic heterocycles. The van der Waals surface area contributed by atoms with Crippen LogP contribution in [0, 0.1) is 11.2 Å². The second kappa shape index (κ2) is 6.24. The van der Waals surface area contributed by atoms with E-state index in [1.54, 1.807) is 12.1 Å². The molecule has 2 rings (SSSR count). The van der Waals surface area contributed by atoms with Crippen LogP contribution in [0.3, 0.4) is 0 Å². The van der Waals surface area contributed by atoms with Gasteiger partial charge in [-0.1, -0.05) is 32.9 Å². The van der Waals surface area contributed by atoms with Gasteiger partial charge in [-0.05, 0) is 42.4 Å². The molecule has 0 spiro atoms. The van der Waals surface area contributed by atoms with Crippen LogP contribution in [0.15, 0.2) is 24.3 Å². The highest BCUT2D eigenvalue weighted by Crippen LogP contribution is 2.33. The first-order valence-corrected chi connectivity index (χ1v) is 7.72. The molecule has 1 atom stereocenters. The van der Waals surface area contributed by atoms with Crippen LogP contribution in [-0.2, 0) is 0 Å². The molecular weight excluding hydrogens is 283 g/mol. The van der Waals surface area contributed by atoms with Gasteiger partial charge in [0.25, 0.3) is 0 Å². The highest BCUT2D eigenvalue weighted by atomic mass is 19.1. The van der Waals surface area contributed by atoms with E-state index >= 15 is 0 Å². The third-order valence-electron chi connectivity index (χ3n) is 4.19. The van der Waals surface area contributed by atoms with Gasteiger partial charge in [-0.15, -0.1) is 0 Å². The topological polar surface area (TPSA) is 61.4 Å². The molecule has 0 heterocycles. The van der Waals surface area contributed by atoms with Crippen molar-refractivity contribution in [2.75, 3.05) is 6.54 Å². The maximum absolute atomic E-state index is 13.4. The van der Waals surface area contributed by atoms with Gasteiger partial charge < -0.3 is 15.7 Å². The number of benzene rings is 1. The smallest absolute Gasteiger partial charge is 0.315 e. The van der Waals surface area contributed by atoms with Crippen molar-refractivity contribution < 1.29 is 14.3 Å². The third kappa shape index (κ3) is 4.19. The Morgan fingerprint density at radius 2 is 2.09 bits per heavy atom. The molecule has 0 saturated heterocycles. The summed E-state index contributed by atoms with van der Waals surface area (Å²) in [6.45, 7) is 6.21. The van der Waals surface area contributed by atoms with E-state index in [0.717, 1.165) is 24.8 Å². The molecule has 4 nitrogen and oxygen atoms in total. The lowest BCUT2D eigenvalue weighted by Crippen LogP contribution is -2.51. The number of halogens is 1. The van der Waals surface area contributed by atoms with Crippen LogP contribution in [-0.4, -0.2) is 23.3 Å². The molecule has 1 aliphatic carbocycles. The molecule has 5 heteroatoms. The van der Waals surface area contributed by atoms with Gasteiger partial charge >= 0.3 is 6.03 Å². The van der Waals surface area contributed by atoms with Crippen molar-refractivity contribution in [3.8, 4) is 0 Å². The summed E-state index contributed by atoms with van der Waals surface area (Å²) in [6, 6.07) is 5.60. The maximum atomic E-state index is 13.4. The normalized spacial score (nSPS) is 18.2. The van der Waals surface area contributed by atoms with E-state index in [-0.39, 0.29) is 29.8 Å². The Labute approximate surface area is 131 Å². The summed E-state index contributed by atoms with van der Waals surface area (Å²) in [4.78, 5) is 12.1. The molecule has 1 aromatic rings. The zero-order valence-electron chi connectivity index (χ0n) is 13.4. The fraction of sp³-hybridized carbons (Fsp3) is 0.588. The van der Waals surface area contributed by atoms with Crippen LogP contribution in [0.2, 0.25) is 0 Å². The number of nitrogens with one attached hydrogen (secondary N) is 2. The average Bonchev–Trinajstić information content (AvgIpc) is 2.39. The Morgan fingerprint density at radius 1 is 1.41 bits per heavy atom. The van der Waals surface area contributed by atoms with Crippen LogP contribution >= 0.6 is 0 Å². The molecule has 1 fully saturated rings. The molecule has 1 aromatic carbocycles. The van der Waals surface area contributed by atoms with Gasteiger partial charge in [0.2, 0.25) is 0 Å². The van der Waals surface area contributed by atoms with Gasteiger partial charge in [0.15, 0.2) is 0 Å². The van der Waals surface area contributed by atoms with Gasteiger partial charge in [0.05, 0.1) is 11.6 Å². The lowest BCUT2D eigenvalue weighted by Gasteiger charge is -2.37. The zero-order valence-corrected chi connectivity index (χ0v) is 13.4. The highest BCUT2D eigenvalue weighted by molar-refractivity contribution is 5.74. The predicted octanol–water partition coefficient (Wildman–Crippen LogP) is 3.13. The molecular formula is C17H25FN2O2. The lowest BCUT2D eigenvalue weighted by atomic mass is 9.80. The quantitative estimate of drug-likeness (QED) is 0.800. The molecule has 2 amide bonds. The van der Waals surface area contributed by atoms with Crippen molar-refractivity contribution in [3.63, 3.8) is 0 Å². The Bertz CT molecular complexity index is 536. The molecule has 3 N–H and O–H groups in total. The Balaban J connectivity index is 2.02. The summed E-state index contributed by atoms with van der Waals surface area (Å²) in [5.74, 6) is -0.322. The van der Waals surface area contributed by atoms with Crippen molar-refractivity contribution in [2.45, 2.75) is 51.7 Å². The van der Waals surface area contributed by atoms with Crippen molar-refractivity contribution in [1.29, 1.82) is 0 Å². The summed E-state index contributed by atoms with van der Waals surface area (Å²) in [5.41, 5.74) is -0.295. The van der Waals surface area contributed by atoms with Gasteiger partial charge in [-0.2, -0.15) is 0 Å². The summed E-state index contributed by atoms with van der Waals surface area (Å²) in [5, 5.41) is 15.6. The summed E-state index contributed by atoms with van der Waals surface area (Å²) in [7, 11) is 0. The number of urea groups is 1. The van der Waals surface area contributed by atoms with Crippen molar-refractivity contribution in [3.05, 3.63) is 35.6 Å². The number of carbonyl (C=O) groups is 1. The monoisotopic (exact) mass is 308 g/mol. The molecule has 0 aromatic heterocycles. The first-order valence-electron chi connectivity index (χ1n) is 7.72. The largest absolute Gasteiger partial charge is 0.388 e. The van der Waals surface area contributed by atoms with E-state index in [1.807, 2.05) is 20.8 Å². The molecule has 0 radical (unpaired) electrons. The lowest BCUT2D eigenvalue weighted by molar-refractivity contribution is -0.0291. The van der Waals surface area contributed by atoms with Gasteiger partial charge in [-0.3, -0.25) is 0 Å². The van der Waals surface area contributed by atoms with E-state index in [0.29, 0.717) is 0 Å². The Morgan fingerprint density at radius 3 is 2.59 bits per heavy atom. The van der Waals surface area contributed by atoms with Gasteiger partial charge in [0, 0.05) is 6.54 Å². The second-order valence-electron chi connectivity index (χ2n) is 7.26. The number of hydrogen-bond donors (Lipinski definition) is 3. The second-order valence-corrected chi connectivity index (χ2v) is 7.26. The molecule has 122 valence electrons. The Hall–Kier alpha value is -1.62. The third-order valence-corrected chi connectivity index (χ3v) is 4.19. The van der Waals surface area contributed by atoms with Crippen LogP contribution in [0.4, 0.5) is 9.18 Å². The number of amides is 2. The molecule has 1 unspecified atom stereocenters. The highest BCUT2D eigenvalue weighted by Gasteiger charge is 2.35. The van der Waals surface area contributed by atoms with Gasteiger partial charge in [-0.25, -0.2) is 9.18 Å². The molecule has 22 heavy (non-hydrogen) atoms. The van der Waals surface area contributed by atoms with Crippen molar-refractivity contribution >= 4 is 6.03 Å². The minimum Gasteiger partial charge on any atom is -0.388 e. The minimum atomic E-state index is -0.757. The number of rotatable bonds is 4. The molecule has 1 saturated carbocycles. The summed E-state index contributed by atoms with van der Waals surface area (Å²) >= 11 is 0. The van der Waals surface area contributed by atoms with E-state index < -0.39 is 5.60 Å². The standard InChI is InChI=1S/C17H25FN2O2/c1-16(2,3)14(12-6-4-7-13(18)10-12)20-15(21)19-11-17(22)8-5-9-17/h4,6-7,10,14,22H,5,8-9,11H2,1-3H3,(H2,19,20,21). The SMILES string of the molecule is CC(C)(C)C(NC(=O)NCC1(O)CCC1)c1cccc(F)c1. The maximum Gasteiger partial charge on any atom is 0.315 e. The number of hydrogen-bond acceptors (Lipinski definition) is 2. The van der Waals surface area contributed by atoms with Crippen LogP contribution < -0.4 is 10.6 Å². The first-order chi connectivity index (χ1) is 10.2. The van der Waals surface area contributed by atoms with Crippen molar-refractivity contribution in [1.82, 2.24) is 10.6 Å². The van der Waals surface area contributed by atoms with Crippen LogP contribution in [0.5, 0.6) is 0 Å². The van der Waals surface area contributed by atoms with E-state index in [4.69, 9.17) is 0 Å². The summed E-state index contributed by atoms with van der Waals surface area (Å²) in [6.07, 6.45) is 2.44. The zero-order chi connectivity index (χ0) is 16.4. The first kappa shape index (κ1) is 16.7. The van der Waals surface area contributed by atoms with Gasteiger partial charge in [0.1, 0.15) is 5.82 Å². The predicted molar refractivity (Wildman–Crippen MR) is 83.9 cm³/mol. The fourth-order valence-electron chi connectivity index (χ4n) is 2.67. The molecule has 0 bridgehead atoms. The summed E-state index contributed by atoms with van der Waals surface area (Å²) < 4.78 is 13.4. The van der Waals surface area contributed by atoms with Crippen LogP contribution in [0.25, 0.3) is 0 Å². The van der Waals surface area contributed by atoms with E-state index in [9.17, 15) is 14.3 Å². The fourth-order valence-corrected chi connectivity index (χ4v) is 2.67. The van der Waals surface area contributed by atoms with Crippen LogP contribution in [0.1, 0.15) is 51.6 Å². The Kier molecular flexibility index (Phi) is 4.75. The van der Waals surface area contributed by atoms with E-state index in [1.165, 1.54) is 12.1 Å². The average molecular weight is 308 g/mol. The van der Waals surface area contributed by atoms with Crippen molar-refractivity contribution in [2.24, 2.45) is 5.41 Å². The number of carbonyl (C=O) groups excluding carboxylic acids is 1.